The second kappa shape index (κ2) is 6.50. The Kier molecular flexibility index (Phi) is 4.37. The van der Waals surface area contributed by atoms with Gasteiger partial charge in [0.1, 0.15) is 5.15 Å². The molecular formula is C17H24ClN5O. The zero-order valence-corrected chi connectivity index (χ0v) is 15.0. The van der Waals surface area contributed by atoms with E-state index in [9.17, 15) is 0 Å². The van der Waals surface area contributed by atoms with Crippen molar-refractivity contribution in [2.75, 3.05) is 38.2 Å². The van der Waals surface area contributed by atoms with E-state index in [2.05, 4.69) is 28.8 Å². The van der Waals surface area contributed by atoms with Gasteiger partial charge in [-0.25, -0.2) is 9.67 Å². The second-order valence-corrected chi connectivity index (χ2v) is 7.28. The van der Waals surface area contributed by atoms with Gasteiger partial charge in [0.05, 0.1) is 10.9 Å². The van der Waals surface area contributed by atoms with Crippen LogP contribution in [0.25, 0.3) is 10.9 Å². The molecule has 2 aliphatic rings. The van der Waals surface area contributed by atoms with Gasteiger partial charge in [-0.05, 0) is 33.2 Å². The second-order valence-electron chi connectivity index (χ2n) is 6.89. The molecule has 0 radical (unpaired) electrons. The molecule has 2 saturated heterocycles. The monoisotopic (exact) mass is 349 g/mol. The molecule has 2 fully saturated rings. The molecule has 2 aliphatic heterocycles. The third-order valence-corrected chi connectivity index (χ3v) is 5.43. The number of fused-ring (bicyclic) bond motifs is 1. The smallest absolute Gasteiger partial charge is 0.160 e. The highest BCUT2D eigenvalue weighted by Gasteiger charge is 2.27. The first-order valence-corrected chi connectivity index (χ1v) is 9.12. The highest BCUT2D eigenvalue weighted by Crippen LogP contribution is 2.33. The van der Waals surface area contributed by atoms with Crippen molar-refractivity contribution in [1.82, 2.24) is 19.7 Å². The van der Waals surface area contributed by atoms with E-state index < -0.39 is 0 Å². The van der Waals surface area contributed by atoms with Crippen LogP contribution in [0.5, 0.6) is 0 Å². The first-order valence-electron chi connectivity index (χ1n) is 8.74. The minimum absolute atomic E-state index is 0.00152. The predicted molar refractivity (Wildman–Crippen MR) is 95.7 cm³/mol. The van der Waals surface area contributed by atoms with Crippen LogP contribution in [-0.2, 0) is 4.74 Å². The molecule has 0 bridgehead atoms. The molecule has 2 atom stereocenters. The fraction of sp³-hybridized carbons (Fsp3) is 0.647. The van der Waals surface area contributed by atoms with Crippen LogP contribution < -0.4 is 4.90 Å². The number of likely N-dealkylation sites (N-methyl/N-ethyl adjacent to an activating group) is 1. The van der Waals surface area contributed by atoms with E-state index in [4.69, 9.17) is 21.4 Å². The lowest BCUT2D eigenvalue weighted by Crippen LogP contribution is -2.50. The number of pyridine rings is 1. The van der Waals surface area contributed by atoms with Gasteiger partial charge in [0.15, 0.2) is 12.0 Å². The maximum absolute atomic E-state index is 6.15. The maximum atomic E-state index is 6.15. The lowest BCUT2D eigenvalue weighted by molar-refractivity contribution is -0.0365. The van der Waals surface area contributed by atoms with Crippen LogP contribution in [-0.4, -0.2) is 59.0 Å². The molecule has 4 rings (SSSR count). The summed E-state index contributed by atoms with van der Waals surface area (Å²) in [5.74, 6) is 1.00. The molecule has 7 heteroatoms. The molecule has 24 heavy (non-hydrogen) atoms. The lowest BCUT2D eigenvalue weighted by Gasteiger charge is -2.38. The predicted octanol–water partition coefficient (Wildman–Crippen LogP) is 2.92. The summed E-state index contributed by atoms with van der Waals surface area (Å²) in [5.41, 5.74) is 1.02. The van der Waals surface area contributed by atoms with Crippen LogP contribution in [0.15, 0.2) is 12.3 Å². The van der Waals surface area contributed by atoms with Crippen molar-refractivity contribution >= 4 is 28.3 Å². The number of rotatable bonds is 2. The molecule has 0 saturated carbocycles. The standard InChI is InChI=1S/C17H24ClN5O/c1-12-11-22(7-6-21(12)2)17-13-10-19-15(18)9-14(13)23(20-17)16-5-3-4-8-24-16/h9-10,12,16H,3-8,11H2,1-2H3. The normalized spacial score (nSPS) is 26.2. The lowest BCUT2D eigenvalue weighted by atomic mass is 10.2. The maximum Gasteiger partial charge on any atom is 0.160 e. The van der Waals surface area contributed by atoms with E-state index in [-0.39, 0.29) is 6.23 Å². The van der Waals surface area contributed by atoms with Gasteiger partial charge in [-0.15, -0.1) is 0 Å². The summed E-state index contributed by atoms with van der Waals surface area (Å²) < 4.78 is 7.98. The number of hydrogen-bond donors (Lipinski definition) is 0. The Hall–Kier alpha value is -1.37. The Bertz CT molecular complexity index is 727. The number of aromatic nitrogens is 3. The first-order chi connectivity index (χ1) is 11.6. The Morgan fingerprint density at radius 1 is 1.29 bits per heavy atom. The van der Waals surface area contributed by atoms with E-state index in [1.165, 1.54) is 6.42 Å². The van der Waals surface area contributed by atoms with Gasteiger partial charge in [0.2, 0.25) is 0 Å². The van der Waals surface area contributed by atoms with Crippen LogP contribution in [0.1, 0.15) is 32.4 Å². The number of nitrogens with zero attached hydrogens (tertiary/aromatic N) is 5. The number of halogens is 1. The minimum Gasteiger partial charge on any atom is -0.356 e. The Balaban J connectivity index is 1.75. The summed E-state index contributed by atoms with van der Waals surface area (Å²) in [6.45, 7) is 6.03. The van der Waals surface area contributed by atoms with E-state index in [1.54, 1.807) is 0 Å². The minimum atomic E-state index is -0.00152. The summed E-state index contributed by atoms with van der Waals surface area (Å²) >= 11 is 6.15. The first kappa shape index (κ1) is 16.1. The fourth-order valence-corrected chi connectivity index (χ4v) is 3.75. The highest BCUT2D eigenvalue weighted by molar-refractivity contribution is 6.30. The van der Waals surface area contributed by atoms with E-state index >= 15 is 0 Å². The van der Waals surface area contributed by atoms with E-state index in [0.29, 0.717) is 11.2 Å². The third kappa shape index (κ3) is 2.87. The van der Waals surface area contributed by atoms with Crippen LogP contribution in [0.2, 0.25) is 5.15 Å². The Labute approximate surface area is 147 Å². The topological polar surface area (TPSA) is 46.4 Å². The highest BCUT2D eigenvalue weighted by atomic mass is 35.5. The summed E-state index contributed by atoms with van der Waals surface area (Å²) in [7, 11) is 2.18. The van der Waals surface area contributed by atoms with Gasteiger partial charge in [0, 0.05) is 44.5 Å². The van der Waals surface area contributed by atoms with Gasteiger partial charge in [-0.3, -0.25) is 0 Å². The zero-order chi connectivity index (χ0) is 16.7. The van der Waals surface area contributed by atoms with Crippen LogP contribution in [0, 0.1) is 0 Å². The third-order valence-electron chi connectivity index (χ3n) is 5.23. The van der Waals surface area contributed by atoms with Crippen LogP contribution >= 0.6 is 11.6 Å². The van der Waals surface area contributed by atoms with E-state index in [1.807, 2.05) is 16.9 Å². The molecule has 6 nitrogen and oxygen atoms in total. The van der Waals surface area contributed by atoms with Crippen LogP contribution in [0.3, 0.4) is 0 Å². The average Bonchev–Trinajstić information content (AvgIpc) is 2.97. The average molecular weight is 350 g/mol. The molecule has 0 spiro atoms. The molecule has 2 unspecified atom stereocenters. The summed E-state index contributed by atoms with van der Waals surface area (Å²) in [5, 5.41) is 6.50. The van der Waals surface area contributed by atoms with Gasteiger partial charge in [-0.2, -0.15) is 5.10 Å². The number of hydrogen-bond acceptors (Lipinski definition) is 5. The molecule has 130 valence electrons. The molecule has 0 aliphatic carbocycles. The molecular weight excluding hydrogens is 326 g/mol. The molecule has 4 heterocycles. The van der Waals surface area contributed by atoms with Crippen LogP contribution in [0.4, 0.5) is 5.82 Å². The van der Waals surface area contributed by atoms with Gasteiger partial charge in [-0.1, -0.05) is 11.6 Å². The van der Waals surface area contributed by atoms with Crippen molar-refractivity contribution in [2.45, 2.75) is 38.5 Å². The van der Waals surface area contributed by atoms with Gasteiger partial charge in [0.25, 0.3) is 0 Å². The zero-order valence-electron chi connectivity index (χ0n) is 14.3. The molecule has 2 aromatic rings. The van der Waals surface area contributed by atoms with Crippen molar-refractivity contribution < 1.29 is 4.74 Å². The molecule has 0 N–H and O–H groups in total. The van der Waals surface area contributed by atoms with Crippen molar-refractivity contribution in [3.05, 3.63) is 17.4 Å². The van der Waals surface area contributed by atoms with Crippen molar-refractivity contribution in [3.8, 4) is 0 Å². The molecule has 0 amide bonds. The van der Waals surface area contributed by atoms with Gasteiger partial charge < -0.3 is 14.5 Å². The quantitative estimate of drug-likeness (QED) is 0.780. The van der Waals surface area contributed by atoms with Crippen molar-refractivity contribution in [1.29, 1.82) is 0 Å². The largest absolute Gasteiger partial charge is 0.356 e. The number of piperazine rings is 1. The summed E-state index contributed by atoms with van der Waals surface area (Å²) in [4.78, 5) is 9.04. The number of anilines is 1. The summed E-state index contributed by atoms with van der Waals surface area (Å²) in [6.07, 6.45) is 5.14. The summed E-state index contributed by atoms with van der Waals surface area (Å²) in [6, 6.07) is 2.41. The molecule has 2 aromatic heterocycles. The Morgan fingerprint density at radius 3 is 2.92 bits per heavy atom. The molecule has 0 aromatic carbocycles. The number of ether oxygens (including phenoxy) is 1. The van der Waals surface area contributed by atoms with E-state index in [0.717, 1.165) is 55.8 Å². The van der Waals surface area contributed by atoms with Crippen molar-refractivity contribution in [3.63, 3.8) is 0 Å². The van der Waals surface area contributed by atoms with Gasteiger partial charge >= 0.3 is 0 Å². The SMILES string of the molecule is CC1CN(c2nn(C3CCCCO3)c3cc(Cl)ncc23)CCN1C. The van der Waals surface area contributed by atoms with Crippen molar-refractivity contribution in [2.24, 2.45) is 0 Å². The Morgan fingerprint density at radius 2 is 2.17 bits per heavy atom. The fourth-order valence-electron chi connectivity index (χ4n) is 3.60.